The lowest BCUT2D eigenvalue weighted by Gasteiger charge is -2.17. The maximum absolute atomic E-state index is 11.4. The van der Waals surface area contributed by atoms with Gasteiger partial charge >= 0.3 is 6.03 Å². The van der Waals surface area contributed by atoms with Crippen molar-refractivity contribution >= 4 is 11.7 Å². The Balaban J connectivity index is 2.45. The van der Waals surface area contributed by atoms with Gasteiger partial charge in [-0.05, 0) is 38.1 Å². The van der Waals surface area contributed by atoms with Crippen LogP contribution < -0.4 is 15.4 Å². The number of rotatable bonds is 4. The topological polar surface area (TPSA) is 70.6 Å². The monoisotopic (exact) mass is 238 g/mol. The smallest absolute Gasteiger partial charge is 0.319 e. The number of carbonyl (C=O) groups excluding carboxylic acids is 1. The van der Waals surface area contributed by atoms with Gasteiger partial charge in [-0.15, -0.1) is 0 Å². The van der Waals surface area contributed by atoms with Gasteiger partial charge in [0.1, 0.15) is 5.75 Å². The summed E-state index contributed by atoms with van der Waals surface area (Å²) in [6.45, 7) is 3.44. The Bertz CT molecular complexity index is 368. The molecule has 0 saturated heterocycles. The van der Waals surface area contributed by atoms with E-state index in [-0.39, 0.29) is 12.6 Å². The number of ether oxygens (including phenoxy) is 1. The SMILES string of the molecule is COc1ccc(NC(=O)NCC(C)(C)O)cc1. The average Bonchev–Trinajstić information content (AvgIpc) is 2.27. The van der Waals surface area contributed by atoms with E-state index in [0.29, 0.717) is 5.69 Å². The highest BCUT2D eigenvalue weighted by Crippen LogP contribution is 2.14. The molecule has 0 bridgehead atoms. The number of carbonyl (C=O) groups is 1. The van der Waals surface area contributed by atoms with E-state index in [9.17, 15) is 9.90 Å². The molecule has 0 unspecified atom stereocenters. The summed E-state index contributed by atoms with van der Waals surface area (Å²) in [7, 11) is 1.58. The van der Waals surface area contributed by atoms with Gasteiger partial charge in [0.25, 0.3) is 0 Å². The summed E-state index contributed by atoms with van der Waals surface area (Å²) in [6, 6.07) is 6.64. The Morgan fingerprint density at radius 1 is 1.35 bits per heavy atom. The first-order valence-corrected chi connectivity index (χ1v) is 5.32. The molecule has 0 radical (unpaired) electrons. The number of methoxy groups -OCH3 is 1. The average molecular weight is 238 g/mol. The predicted molar refractivity (Wildman–Crippen MR) is 66.3 cm³/mol. The molecular weight excluding hydrogens is 220 g/mol. The summed E-state index contributed by atoms with van der Waals surface area (Å²) in [5.41, 5.74) is -0.254. The molecule has 3 N–H and O–H groups in total. The van der Waals surface area contributed by atoms with Crippen LogP contribution in [-0.2, 0) is 0 Å². The largest absolute Gasteiger partial charge is 0.497 e. The van der Waals surface area contributed by atoms with Gasteiger partial charge in [0.15, 0.2) is 0 Å². The Morgan fingerprint density at radius 2 is 1.94 bits per heavy atom. The molecule has 0 aromatic heterocycles. The number of aliphatic hydroxyl groups is 1. The molecule has 0 atom stereocenters. The Kier molecular flexibility index (Phi) is 4.34. The van der Waals surface area contributed by atoms with E-state index < -0.39 is 5.60 Å². The van der Waals surface area contributed by atoms with Crippen LogP contribution in [0.15, 0.2) is 24.3 Å². The van der Waals surface area contributed by atoms with Crippen LogP contribution in [0, 0.1) is 0 Å². The van der Waals surface area contributed by atoms with Crippen LogP contribution in [-0.4, -0.2) is 30.4 Å². The quantitative estimate of drug-likeness (QED) is 0.746. The van der Waals surface area contributed by atoms with E-state index in [1.807, 2.05) is 0 Å². The number of hydrogen-bond donors (Lipinski definition) is 3. The Morgan fingerprint density at radius 3 is 2.41 bits per heavy atom. The van der Waals surface area contributed by atoms with E-state index in [2.05, 4.69) is 10.6 Å². The van der Waals surface area contributed by atoms with Crippen LogP contribution in [0.5, 0.6) is 5.75 Å². The van der Waals surface area contributed by atoms with Crippen molar-refractivity contribution in [3.05, 3.63) is 24.3 Å². The fraction of sp³-hybridized carbons (Fsp3) is 0.417. The minimum Gasteiger partial charge on any atom is -0.497 e. The molecule has 0 saturated carbocycles. The number of urea groups is 1. The fourth-order valence-electron chi connectivity index (χ4n) is 1.15. The molecule has 94 valence electrons. The number of amides is 2. The van der Waals surface area contributed by atoms with Crippen molar-refractivity contribution < 1.29 is 14.6 Å². The highest BCUT2D eigenvalue weighted by molar-refractivity contribution is 5.89. The third kappa shape index (κ3) is 5.21. The highest BCUT2D eigenvalue weighted by atomic mass is 16.5. The zero-order valence-corrected chi connectivity index (χ0v) is 10.3. The predicted octanol–water partition coefficient (Wildman–Crippen LogP) is 1.59. The summed E-state index contributed by atoms with van der Waals surface area (Å²) in [5.74, 6) is 0.729. The molecule has 0 aliphatic rings. The molecule has 1 rings (SSSR count). The minimum absolute atomic E-state index is 0.189. The molecule has 1 aromatic rings. The van der Waals surface area contributed by atoms with Gasteiger partial charge in [-0.1, -0.05) is 0 Å². The standard InChI is InChI=1S/C12H18N2O3/c1-12(2,16)8-13-11(15)14-9-4-6-10(17-3)7-5-9/h4-7,16H,8H2,1-3H3,(H2,13,14,15). The molecule has 0 aliphatic carbocycles. The first-order chi connectivity index (χ1) is 7.90. The minimum atomic E-state index is -0.919. The van der Waals surface area contributed by atoms with Gasteiger partial charge in [0.2, 0.25) is 0 Å². The van der Waals surface area contributed by atoms with Crippen LogP contribution in [0.3, 0.4) is 0 Å². The fourth-order valence-corrected chi connectivity index (χ4v) is 1.15. The molecule has 5 nitrogen and oxygen atoms in total. The first kappa shape index (κ1) is 13.3. The van der Waals surface area contributed by atoms with Crippen LogP contribution in [0.4, 0.5) is 10.5 Å². The van der Waals surface area contributed by atoms with Crippen molar-refractivity contribution in [2.45, 2.75) is 19.4 Å². The van der Waals surface area contributed by atoms with Gasteiger partial charge < -0.3 is 20.5 Å². The number of anilines is 1. The summed E-state index contributed by atoms with van der Waals surface area (Å²) in [6.07, 6.45) is 0. The molecule has 5 heteroatoms. The highest BCUT2D eigenvalue weighted by Gasteiger charge is 2.13. The molecule has 0 aliphatic heterocycles. The van der Waals surface area contributed by atoms with E-state index in [4.69, 9.17) is 4.74 Å². The van der Waals surface area contributed by atoms with Crippen molar-refractivity contribution in [3.63, 3.8) is 0 Å². The van der Waals surface area contributed by atoms with E-state index in [1.165, 1.54) is 0 Å². The summed E-state index contributed by atoms with van der Waals surface area (Å²) >= 11 is 0. The zero-order valence-electron chi connectivity index (χ0n) is 10.3. The van der Waals surface area contributed by atoms with Crippen molar-refractivity contribution in [2.24, 2.45) is 0 Å². The van der Waals surface area contributed by atoms with E-state index >= 15 is 0 Å². The third-order valence-corrected chi connectivity index (χ3v) is 2.03. The number of nitrogens with one attached hydrogen (secondary N) is 2. The van der Waals surface area contributed by atoms with Crippen LogP contribution in [0.1, 0.15) is 13.8 Å². The van der Waals surface area contributed by atoms with E-state index in [1.54, 1.807) is 45.2 Å². The lowest BCUT2D eigenvalue weighted by atomic mass is 10.1. The second-order valence-electron chi connectivity index (χ2n) is 4.35. The summed E-state index contributed by atoms with van der Waals surface area (Å²) in [5, 5.41) is 14.7. The Labute approximate surface area is 101 Å². The molecular formula is C12H18N2O3. The van der Waals surface area contributed by atoms with Gasteiger partial charge in [0, 0.05) is 12.2 Å². The van der Waals surface area contributed by atoms with Gasteiger partial charge in [0.05, 0.1) is 12.7 Å². The molecule has 2 amide bonds. The third-order valence-electron chi connectivity index (χ3n) is 2.03. The van der Waals surface area contributed by atoms with Crippen molar-refractivity contribution in [1.29, 1.82) is 0 Å². The van der Waals surface area contributed by atoms with E-state index in [0.717, 1.165) is 5.75 Å². The Hall–Kier alpha value is -1.75. The molecule has 17 heavy (non-hydrogen) atoms. The van der Waals surface area contributed by atoms with Crippen molar-refractivity contribution in [3.8, 4) is 5.75 Å². The lowest BCUT2D eigenvalue weighted by Crippen LogP contribution is -2.40. The van der Waals surface area contributed by atoms with Gasteiger partial charge in [-0.25, -0.2) is 4.79 Å². The molecule has 0 heterocycles. The van der Waals surface area contributed by atoms with Gasteiger partial charge in [-0.3, -0.25) is 0 Å². The van der Waals surface area contributed by atoms with Crippen LogP contribution in [0.2, 0.25) is 0 Å². The van der Waals surface area contributed by atoms with Crippen molar-refractivity contribution in [1.82, 2.24) is 5.32 Å². The molecule has 1 aromatic carbocycles. The molecule has 0 fully saturated rings. The summed E-state index contributed by atoms with van der Waals surface area (Å²) < 4.78 is 5.00. The zero-order chi connectivity index (χ0) is 12.9. The second-order valence-corrected chi connectivity index (χ2v) is 4.35. The lowest BCUT2D eigenvalue weighted by molar-refractivity contribution is 0.0826. The van der Waals surface area contributed by atoms with Crippen LogP contribution in [0.25, 0.3) is 0 Å². The number of benzene rings is 1. The second kappa shape index (κ2) is 5.54. The van der Waals surface area contributed by atoms with Gasteiger partial charge in [-0.2, -0.15) is 0 Å². The molecule has 0 spiro atoms. The summed E-state index contributed by atoms with van der Waals surface area (Å²) in [4.78, 5) is 11.4. The van der Waals surface area contributed by atoms with Crippen LogP contribution >= 0.6 is 0 Å². The van der Waals surface area contributed by atoms with Crippen molar-refractivity contribution in [2.75, 3.05) is 19.0 Å². The maximum atomic E-state index is 11.4. The first-order valence-electron chi connectivity index (χ1n) is 5.32. The normalized spacial score (nSPS) is 10.8. The maximum Gasteiger partial charge on any atom is 0.319 e. The number of hydrogen-bond acceptors (Lipinski definition) is 3.